The summed E-state index contributed by atoms with van der Waals surface area (Å²) in [7, 11) is 0. The lowest BCUT2D eigenvalue weighted by atomic mass is 10.1. The smallest absolute Gasteiger partial charge is 0.322 e. The number of carboxylic acids is 1. The molecular formula is C12H13N3O2. The van der Waals surface area contributed by atoms with E-state index in [4.69, 9.17) is 10.4 Å². The van der Waals surface area contributed by atoms with Gasteiger partial charge in [0.15, 0.2) is 0 Å². The minimum absolute atomic E-state index is 0.421. The van der Waals surface area contributed by atoms with Crippen LogP contribution in [0.25, 0.3) is 0 Å². The number of nitrogens with one attached hydrogen (secondary N) is 1. The van der Waals surface area contributed by atoms with Gasteiger partial charge in [-0.2, -0.15) is 5.26 Å². The summed E-state index contributed by atoms with van der Waals surface area (Å²) in [6, 6.07) is 8.76. The van der Waals surface area contributed by atoms with Crippen molar-refractivity contribution in [3.63, 3.8) is 0 Å². The van der Waals surface area contributed by atoms with Crippen molar-refractivity contribution in [1.29, 1.82) is 5.26 Å². The van der Waals surface area contributed by atoms with E-state index in [-0.39, 0.29) is 0 Å². The molecule has 1 atom stereocenters. The summed E-state index contributed by atoms with van der Waals surface area (Å²) < 4.78 is 0. The van der Waals surface area contributed by atoms with Crippen LogP contribution >= 0.6 is 0 Å². The van der Waals surface area contributed by atoms with Crippen LogP contribution in [0.5, 0.6) is 0 Å². The fraction of sp³-hybridized carbons (Fsp3) is 0.333. The molecule has 17 heavy (non-hydrogen) atoms. The first-order chi connectivity index (χ1) is 8.20. The van der Waals surface area contributed by atoms with Crippen molar-refractivity contribution in [2.75, 3.05) is 24.5 Å². The van der Waals surface area contributed by atoms with Gasteiger partial charge in [0.2, 0.25) is 0 Å². The van der Waals surface area contributed by atoms with E-state index in [1.165, 1.54) is 0 Å². The highest BCUT2D eigenvalue weighted by molar-refractivity contribution is 5.75. The van der Waals surface area contributed by atoms with Crippen LogP contribution in [0.4, 0.5) is 5.69 Å². The third kappa shape index (κ3) is 2.55. The van der Waals surface area contributed by atoms with Crippen LogP contribution in [0.15, 0.2) is 24.3 Å². The number of piperazine rings is 1. The zero-order valence-corrected chi connectivity index (χ0v) is 9.26. The molecule has 1 aliphatic heterocycles. The molecule has 2 rings (SSSR count). The van der Waals surface area contributed by atoms with Gasteiger partial charge in [-0.15, -0.1) is 0 Å². The largest absolute Gasteiger partial charge is 0.480 e. The zero-order chi connectivity index (χ0) is 12.3. The van der Waals surface area contributed by atoms with Crippen LogP contribution in [-0.2, 0) is 4.79 Å². The molecule has 1 unspecified atom stereocenters. The van der Waals surface area contributed by atoms with Gasteiger partial charge in [-0.05, 0) is 18.2 Å². The molecule has 0 aliphatic carbocycles. The van der Waals surface area contributed by atoms with Crippen molar-refractivity contribution < 1.29 is 9.90 Å². The average Bonchev–Trinajstić information content (AvgIpc) is 2.39. The molecule has 0 amide bonds. The van der Waals surface area contributed by atoms with Gasteiger partial charge >= 0.3 is 5.97 Å². The highest BCUT2D eigenvalue weighted by atomic mass is 16.4. The Labute approximate surface area is 99.3 Å². The van der Waals surface area contributed by atoms with Crippen LogP contribution in [0, 0.1) is 11.3 Å². The Morgan fingerprint density at radius 1 is 1.59 bits per heavy atom. The predicted octanol–water partition coefficient (Wildman–Crippen LogP) is 0.421. The maximum atomic E-state index is 10.9. The molecule has 5 nitrogen and oxygen atoms in total. The van der Waals surface area contributed by atoms with Crippen LogP contribution in [-0.4, -0.2) is 36.8 Å². The maximum absolute atomic E-state index is 10.9. The first kappa shape index (κ1) is 11.4. The summed E-state index contributed by atoms with van der Waals surface area (Å²) in [5.74, 6) is -0.842. The molecule has 0 aromatic heterocycles. The second-order valence-corrected chi connectivity index (χ2v) is 3.95. The normalized spacial score (nSPS) is 19.7. The molecule has 1 aliphatic rings. The fourth-order valence-electron chi connectivity index (χ4n) is 1.92. The summed E-state index contributed by atoms with van der Waals surface area (Å²) in [6.45, 7) is 1.80. The van der Waals surface area contributed by atoms with Crippen molar-refractivity contribution in [2.24, 2.45) is 0 Å². The Hall–Kier alpha value is -2.06. The number of nitrogens with zero attached hydrogens (tertiary/aromatic N) is 2. The average molecular weight is 231 g/mol. The number of carbonyl (C=O) groups is 1. The van der Waals surface area contributed by atoms with Gasteiger partial charge in [0, 0.05) is 25.3 Å². The SMILES string of the molecule is N#Cc1cccc(N2CCNC(C(=O)O)C2)c1. The summed E-state index contributed by atoms with van der Waals surface area (Å²) in [6.07, 6.45) is 0. The second-order valence-electron chi connectivity index (χ2n) is 3.95. The lowest BCUT2D eigenvalue weighted by Gasteiger charge is -2.33. The Balaban J connectivity index is 2.16. The van der Waals surface area contributed by atoms with Crippen molar-refractivity contribution in [3.05, 3.63) is 29.8 Å². The first-order valence-electron chi connectivity index (χ1n) is 5.42. The van der Waals surface area contributed by atoms with Gasteiger partial charge in [0.1, 0.15) is 6.04 Å². The summed E-state index contributed by atoms with van der Waals surface area (Å²) in [4.78, 5) is 12.9. The Bertz CT molecular complexity index is 467. The van der Waals surface area contributed by atoms with E-state index in [1.807, 2.05) is 17.0 Å². The number of anilines is 1. The molecule has 1 saturated heterocycles. The topological polar surface area (TPSA) is 76.4 Å². The van der Waals surface area contributed by atoms with Crippen molar-refractivity contribution in [3.8, 4) is 6.07 Å². The molecule has 2 N–H and O–H groups in total. The molecule has 0 bridgehead atoms. The van der Waals surface area contributed by atoms with Gasteiger partial charge in [0.25, 0.3) is 0 Å². The van der Waals surface area contributed by atoms with E-state index in [2.05, 4.69) is 11.4 Å². The molecular weight excluding hydrogens is 218 g/mol. The quantitative estimate of drug-likeness (QED) is 0.771. The summed E-state index contributed by atoms with van der Waals surface area (Å²) >= 11 is 0. The minimum atomic E-state index is -0.842. The molecule has 1 aromatic rings. The molecule has 0 radical (unpaired) electrons. The second kappa shape index (κ2) is 4.85. The monoisotopic (exact) mass is 231 g/mol. The van der Waals surface area contributed by atoms with Crippen LogP contribution in [0.1, 0.15) is 5.56 Å². The molecule has 1 aromatic carbocycles. The van der Waals surface area contributed by atoms with E-state index < -0.39 is 12.0 Å². The van der Waals surface area contributed by atoms with Gasteiger partial charge < -0.3 is 15.3 Å². The predicted molar refractivity (Wildman–Crippen MR) is 62.8 cm³/mol. The number of hydrogen-bond donors (Lipinski definition) is 2. The highest BCUT2D eigenvalue weighted by Crippen LogP contribution is 2.17. The number of benzene rings is 1. The first-order valence-corrected chi connectivity index (χ1v) is 5.42. The lowest BCUT2D eigenvalue weighted by molar-refractivity contribution is -0.139. The van der Waals surface area contributed by atoms with Crippen LogP contribution < -0.4 is 10.2 Å². The molecule has 5 heteroatoms. The van der Waals surface area contributed by atoms with Crippen LogP contribution in [0.3, 0.4) is 0 Å². The van der Waals surface area contributed by atoms with Crippen molar-refractivity contribution in [2.45, 2.75) is 6.04 Å². The third-order valence-electron chi connectivity index (χ3n) is 2.81. The fourth-order valence-corrected chi connectivity index (χ4v) is 1.92. The zero-order valence-electron chi connectivity index (χ0n) is 9.26. The van der Waals surface area contributed by atoms with Gasteiger partial charge in [0.05, 0.1) is 11.6 Å². The molecule has 88 valence electrons. The highest BCUT2D eigenvalue weighted by Gasteiger charge is 2.24. The van der Waals surface area contributed by atoms with E-state index in [0.717, 1.165) is 12.2 Å². The Kier molecular flexibility index (Phi) is 3.26. The number of rotatable bonds is 2. The van der Waals surface area contributed by atoms with E-state index in [1.54, 1.807) is 12.1 Å². The van der Waals surface area contributed by atoms with Crippen molar-refractivity contribution in [1.82, 2.24) is 5.32 Å². The Morgan fingerprint density at radius 2 is 2.41 bits per heavy atom. The third-order valence-corrected chi connectivity index (χ3v) is 2.81. The van der Waals surface area contributed by atoms with Gasteiger partial charge in [-0.25, -0.2) is 0 Å². The van der Waals surface area contributed by atoms with E-state index >= 15 is 0 Å². The summed E-state index contributed by atoms with van der Waals surface area (Å²) in [5, 5.41) is 20.7. The number of hydrogen-bond acceptors (Lipinski definition) is 4. The van der Waals surface area contributed by atoms with Gasteiger partial charge in [-0.1, -0.05) is 6.07 Å². The van der Waals surface area contributed by atoms with Crippen molar-refractivity contribution >= 4 is 11.7 Å². The van der Waals surface area contributed by atoms with Crippen LogP contribution in [0.2, 0.25) is 0 Å². The molecule has 1 fully saturated rings. The Morgan fingerprint density at radius 3 is 3.12 bits per heavy atom. The summed E-state index contributed by atoms with van der Waals surface area (Å²) in [5.41, 5.74) is 1.49. The number of nitriles is 1. The van der Waals surface area contributed by atoms with Gasteiger partial charge in [-0.3, -0.25) is 4.79 Å². The van der Waals surface area contributed by atoms with E-state index in [9.17, 15) is 4.79 Å². The number of carboxylic acid groups (broad SMARTS) is 1. The standard InChI is InChI=1S/C12H13N3O2/c13-7-9-2-1-3-10(6-9)15-5-4-14-11(8-15)12(16)17/h1-3,6,11,14H,4-5,8H2,(H,16,17). The molecule has 0 spiro atoms. The lowest BCUT2D eigenvalue weighted by Crippen LogP contribution is -2.54. The molecule has 1 heterocycles. The number of aliphatic carboxylic acids is 1. The minimum Gasteiger partial charge on any atom is -0.480 e. The van der Waals surface area contributed by atoms with E-state index in [0.29, 0.717) is 18.7 Å². The molecule has 0 saturated carbocycles. The maximum Gasteiger partial charge on any atom is 0.322 e.